The molecule has 0 saturated carbocycles. The molecule has 30 heavy (non-hydrogen) atoms. The Bertz CT molecular complexity index is 1220. The van der Waals surface area contributed by atoms with Gasteiger partial charge in [-0.2, -0.15) is 0 Å². The Morgan fingerprint density at radius 1 is 1.03 bits per heavy atom. The van der Waals surface area contributed by atoms with Crippen molar-refractivity contribution in [2.24, 2.45) is 0 Å². The lowest BCUT2D eigenvalue weighted by Gasteiger charge is -2.30. The summed E-state index contributed by atoms with van der Waals surface area (Å²) in [6.45, 7) is 2.12. The van der Waals surface area contributed by atoms with E-state index in [1.54, 1.807) is 11.3 Å². The summed E-state index contributed by atoms with van der Waals surface area (Å²) in [6, 6.07) is 20.6. The first-order valence-corrected chi connectivity index (χ1v) is 11.6. The molecule has 3 aromatic rings. The van der Waals surface area contributed by atoms with Crippen molar-refractivity contribution >= 4 is 51.3 Å². The van der Waals surface area contributed by atoms with Gasteiger partial charge < -0.3 is 10.1 Å². The minimum absolute atomic E-state index is 0.0525. The van der Waals surface area contributed by atoms with Gasteiger partial charge in [-0.25, -0.2) is 0 Å². The first-order valence-electron chi connectivity index (χ1n) is 9.47. The highest BCUT2D eigenvalue weighted by Gasteiger charge is 2.33. The fourth-order valence-corrected chi connectivity index (χ4v) is 5.60. The maximum Gasteiger partial charge on any atom is 0.263 e. The Hall–Kier alpha value is -2.67. The van der Waals surface area contributed by atoms with Gasteiger partial charge in [0.2, 0.25) is 0 Å². The minimum atomic E-state index is -0.162. The van der Waals surface area contributed by atoms with Crippen LogP contribution in [0.25, 0.3) is 5.76 Å². The van der Waals surface area contributed by atoms with Crippen LogP contribution in [0.4, 0.5) is 0 Å². The van der Waals surface area contributed by atoms with E-state index in [0.29, 0.717) is 9.23 Å². The van der Waals surface area contributed by atoms with E-state index in [1.165, 1.54) is 22.9 Å². The molecule has 1 aromatic heterocycles. The smallest absolute Gasteiger partial charge is 0.263 e. The van der Waals surface area contributed by atoms with Crippen molar-refractivity contribution in [3.05, 3.63) is 104 Å². The molecule has 1 saturated heterocycles. The summed E-state index contributed by atoms with van der Waals surface area (Å²) in [5.74, 6) is 1.42. The largest absolute Gasteiger partial charge is 0.455 e. The number of para-hydroxylation sites is 1. The molecular formula is C24H17NO2S3. The summed E-state index contributed by atoms with van der Waals surface area (Å²) < 4.78 is 6.91. The van der Waals surface area contributed by atoms with Gasteiger partial charge in [-0.15, -0.1) is 11.3 Å². The minimum Gasteiger partial charge on any atom is -0.455 e. The third-order valence-corrected chi connectivity index (χ3v) is 7.22. The van der Waals surface area contributed by atoms with Crippen LogP contribution in [0.1, 0.15) is 27.5 Å². The molecule has 1 amide bonds. The lowest BCUT2D eigenvalue weighted by atomic mass is 9.80. The van der Waals surface area contributed by atoms with Crippen LogP contribution in [0.5, 0.6) is 5.75 Å². The Labute approximate surface area is 188 Å². The number of carbonyl (C=O) groups is 1. The lowest BCUT2D eigenvalue weighted by molar-refractivity contribution is -0.115. The fourth-order valence-electron chi connectivity index (χ4n) is 3.84. The van der Waals surface area contributed by atoms with Gasteiger partial charge in [-0.05, 0) is 41.6 Å². The van der Waals surface area contributed by atoms with Crippen molar-refractivity contribution < 1.29 is 9.53 Å². The third-order valence-electron chi connectivity index (χ3n) is 5.19. The van der Waals surface area contributed by atoms with E-state index in [1.807, 2.05) is 47.9 Å². The molecule has 2 aliphatic heterocycles. The number of rotatable bonds is 3. The van der Waals surface area contributed by atoms with Gasteiger partial charge >= 0.3 is 0 Å². The molecule has 0 bridgehead atoms. The number of amides is 1. The van der Waals surface area contributed by atoms with Crippen molar-refractivity contribution in [1.29, 1.82) is 0 Å². The molecule has 5 rings (SSSR count). The standard InChI is InChI=1S/C24H17NO2S3/c1-14-7-2-3-8-15(14)21-16-9-4-5-10-18(16)27-22(19-11-6-12-29-19)17(21)13-20-23(26)25-24(28)30-20/h2-13,21H,1H3,(H,25,26,28)/b20-13-. The van der Waals surface area contributed by atoms with Crippen LogP contribution in [0.2, 0.25) is 0 Å². The molecule has 6 heteroatoms. The quantitative estimate of drug-likeness (QED) is 0.393. The predicted molar refractivity (Wildman–Crippen MR) is 128 cm³/mol. The summed E-state index contributed by atoms with van der Waals surface area (Å²) >= 11 is 8.12. The zero-order valence-corrected chi connectivity index (χ0v) is 18.5. The molecule has 0 spiro atoms. The zero-order chi connectivity index (χ0) is 20.7. The third kappa shape index (κ3) is 3.41. The number of allylic oxidation sites excluding steroid dienone is 2. The Balaban J connectivity index is 1.79. The van der Waals surface area contributed by atoms with Crippen LogP contribution in [0, 0.1) is 6.92 Å². The Morgan fingerprint density at radius 3 is 2.50 bits per heavy atom. The lowest BCUT2D eigenvalue weighted by Crippen LogP contribution is -2.19. The molecule has 3 heterocycles. The fraction of sp³-hybridized carbons (Fsp3) is 0.0833. The molecule has 3 nitrogen and oxygen atoms in total. The van der Waals surface area contributed by atoms with E-state index in [4.69, 9.17) is 17.0 Å². The summed E-state index contributed by atoms with van der Waals surface area (Å²) in [6.07, 6.45) is 1.95. The van der Waals surface area contributed by atoms with Crippen LogP contribution in [-0.4, -0.2) is 10.2 Å². The molecule has 148 valence electrons. The monoisotopic (exact) mass is 447 g/mol. The van der Waals surface area contributed by atoms with E-state index < -0.39 is 0 Å². The van der Waals surface area contributed by atoms with Crippen LogP contribution in [0.15, 0.2) is 82.6 Å². The highest BCUT2D eigenvalue weighted by Crippen LogP contribution is 2.48. The number of hydrogen-bond acceptors (Lipinski definition) is 5. The van der Waals surface area contributed by atoms with E-state index >= 15 is 0 Å². The second kappa shape index (κ2) is 7.87. The van der Waals surface area contributed by atoms with Crippen LogP contribution in [-0.2, 0) is 4.79 Å². The number of thioether (sulfide) groups is 1. The second-order valence-electron chi connectivity index (χ2n) is 7.04. The number of ether oxygens (including phenoxy) is 1. The summed E-state index contributed by atoms with van der Waals surface area (Å²) in [5, 5.41) is 4.75. The van der Waals surface area contributed by atoms with Gasteiger partial charge in [0.25, 0.3) is 5.91 Å². The average molecular weight is 448 g/mol. The SMILES string of the molecule is Cc1ccccc1C1C(/C=C2\SC(=S)NC2=O)=C(c2cccs2)Oc2ccccc21. The van der Waals surface area contributed by atoms with Gasteiger partial charge in [0.1, 0.15) is 15.8 Å². The zero-order valence-electron chi connectivity index (χ0n) is 16.0. The normalized spacial score (nSPS) is 19.6. The molecular weight excluding hydrogens is 430 g/mol. The first-order chi connectivity index (χ1) is 14.6. The van der Waals surface area contributed by atoms with Crippen molar-refractivity contribution in [3.63, 3.8) is 0 Å². The molecule has 1 unspecified atom stereocenters. The van der Waals surface area contributed by atoms with Crippen LogP contribution < -0.4 is 10.1 Å². The molecule has 1 N–H and O–H groups in total. The number of benzene rings is 2. The summed E-state index contributed by atoms with van der Waals surface area (Å²) in [5.41, 5.74) is 4.44. The van der Waals surface area contributed by atoms with E-state index in [9.17, 15) is 4.79 Å². The molecule has 0 radical (unpaired) electrons. The summed E-state index contributed by atoms with van der Waals surface area (Å²) in [7, 11) is 0. The summed E-state index contributed by atoms with van der Waals surface area (Å²) in [4.78, 5) is 14.1. The average Bonchev–Trinajstić information content (AvgIpc) is 3.38. The van der Waals surface area contributed by atoms with Gasteiger partial charge in [0, 0.05) is 17.1 Å². The van der Waals surface area contributed by atoms with Crippen molar-refractivity contribution in [3.8, 4) is 5.75 Å². The Morgan fingerprint density at radius 2 is 1.80 bits per heavy atom. The van der Waals surface area contributed by atoms with Crippen molar-refractivity contribution in [1.82, 2.24) is 5.32 Å². The predicted octanol–water partition coefficient (Wildman–Crippen LogP) is 6.02. The van der Waals surface area contributed by atoms with Crippen LogP contribution in [0.3, 0.4) is 0 Å². The Kier molecular flexibility index (Phi) is 5.06. The van der Waals surface area contributed by atoms with E-state index in [2.05, 4.69) is 36.5 Å². The van der Waals surface area contributed by atoms with Gasteiger partial charge in [0.05, 0.1) is 9.78 Å². The van der Waals surface area contributed by atoms with Crippen molar-refractivity contribution in [2.45, 2.75) is 12.8 Å². The molecule has 1 atom stereocenters. The number of thiophene rings is 1. The van der Waals surface area contributed by atoms with Gasteiger partial charge in [-0.1, -0.05) is 72.5 Å². The van der Waals surface area contributed by atoms with Gasteiger partial charge in [0.15, 0.2) is 0 Å². The number of thiocarbonyl (C=S) groups is 1. The molecule has 0 aliphatic carbocycles. The van der Waals surface area contributed by atoms with E-state index in [0.717, 1.165) is 27.5 Å². The number of fused-ring (bicyclic) bond motifs is 1. The number of nitrogens with one attached hydrogen (secondary N) is 1. The number of hydrogen-bond donors (Lipinski definition) is 1. The van der Waals surface area contributed by atoms with E-state index in [-0.39, 0.29) is 11.8 Å². The topological polar surface area (TPSA) is 38.3 Å². The molecule has 2 aromatic carbocycles. The second-order valence-corrected chi connectivity index (χ2v) is 9.71. The number of carbonyl (C=O) groups excluding carboxylic acids is 1. The van der Waals surface area contributed by atoms with Gasteiger partial charge in [-0.3, -0.25) is 4.79 Å². The van der Waals surface area contributed by atoms with Crippen LogP contribution >= 0.6 is 35.3 Å². The van der Waals surface area contributed by atoms with Crippen molar-refractivity contribution in [2.75, 3.05) is 0 Å². The first kappa shape index (κ1) is 19.3. The highest BCUT2D eigenvalue weighted by atomic mass is 32.2. The molecule has 1 fully saturated rings. The maximum absolute atomic E-state index is 12.5. The maximum atomic E-state index is 12.5. The molecule has 2 aliphatic rings. The number of aryl methyl sites for hydroxylation is 1. The highest BCUT2D eigenvalue weighted by molar-refractivity contribution is 8.26.